The molecule has 0 unspecified atom stereocenters. The number of aliphatic hydroxyl groups is 1. The van der Waals surface area contributed by atoms with Crippen molar-refractivity contribution < 1.29 is 5.11 Å². The third-order valence-electron chi connectivity index (χ3n) is 3.38. The third kappa shape index (κ3) is 3.12. The van der Waals surface area contributed by atoms with E-state index in [4.69, 9.17) is 5.11 Å². The maximum atomic E-state index is 8.99. The average molecular weight is 246 g/mol. The van der Waals surface area contributed by atoms with Gasteiger partial charge in [0, 0.05) is 36.8 Å². The highest BCUT2D eigenvalue weighted by atomic mass is 16.3. The maximum absolute atomic E-state index is 8.99. The molecule has 0 saturated heterocycles. The largest absolute Gasteiger partial charge is 0.396 e. The summed E-state index contributed by atoms with van der Waals surface area (Å²) in [6.45, 7) is 6.37. The van der Waals surface area contributed by atoms with Crippen LogP contribution in [-0.2, 0) is 6.54 Å². The number of hydrogen-bond acceptors (Lipinski definition) is 2. The van der Waals surface area contributed by atoms with Crippen LogP contribution >= 0.6 is 0 Å². The lowest BCUT2D eigenvalue weighted by Gasteiger charge is -2.23. The molecule has 1 heterocycles. The maximum Gasteiger partial charge on any atom is 0.0457 e. The topological polar surface area (TPSA) is 48.0 Å². The fourth-order valence-corrected chi connectivity index (χ4v) is 2.20. The smallest absolute Gasteiger partial charge is 0.0457 e. The zero-order chi connectivity index (χ0) is 13.0. The number of nitrogens with one attached hydrogen (secondary N) is 2. The van der Waals surface area contributed by atoms with Crippen molar-refractivity contribution in [3.63, 3.8) is 0 Å². The number of aromatic nitrogens is 1. The van der Waals surface area contributed by atoms with Crippen LogP contribution in [0.5, 0.6) is 0 Å². The van der Waals surface area contributed by atoms with Crippen LogP contribution in [-0.4, -0.2) is 23.2 Å². The van der Waals surface area contributed by atoms with Gasteiger partial charge in [-0.15, -0.1) is 0 Å². The van der Waals surface area contributed by atoms with Gasteiger partial charge in [-0.1, -0.05) is 32.0 Å². The molecule has 1 aromatic heterocycles. The molecule has 0 aliphatic carbocycles. The second-order valence-electron chi connectivity index (χ2n) is 5.60. The van der Waals surface area contributed by atoms with Crippen LogP contribution in [0.15, 0.2) is 30.5 Å². The van der Waals surface area contributed by atoms with E-state index in [1.165, 1.54) is 16.5 Å². The predicted octanol–water partition coefficient (Wildman–Crippen LogP) is 2.67. The zero-order valence-electron chi connectivity index (χ0n) is 11.2. The highest BCUT2D eigenvalue weighted by Gasteiger charge is 2.16. The molecule has 18 heavy (non-hydrogen) atoms. The van der Waals surface area contributed by atoms with Crippen molar-refractivity contribution in [2.24, 2.45) is 5.41 Å². The molecular weight excluding hydrogens is 224 g/mol. The van der Waals surface area contributed by atoms with Crippen LogP contribution in [0.4, 0.5) is 0 Å². The van der Waals surface area contributed by atoms with Gasteiger partial charge in [-0.05, 0) is 23.5 Å². The average Bonchev–Trinajstić information content (AvgIpc) is 2.73. The molecule has 0 atom stereocenters. The summed E-state index contributed by atoms with van der Waals surface area (Å²) >= 11 is 0. The number of H-pyrrole nitrogens is 1. The Hall–Kier alpha value is -1.32. The number of benzene rings is 1. The van der Waals surface area contributed by atoms with Gasteiger partial charge in [0.1, 0.15) is 0 Å². The normalized spacial score (nSPS) is 12.2. The van der Waals surface area contributed by atoms with E-state index in [9.17, 15) is 0 Å². The van der Waals surface area contributed by atoms with Gasteiger partial charge in [0.25, 0.3) is 0 Å². The Morgan fingerprint density at radius 3 is 2.83 bits per heavy atom. The van der Waals surface area contributed by atoms with Crippen LogP contribution in [0.25, 0.3) is 10.9 Å². The molecule has 0 radical (unpaired) electrons. The minimum absolute atomic E-state index is 0.140. The van der Waals surface area contributed by atoms with Crippen molar-refractivity contribution in [2.75, 3.05) is 13.2 Å². The molecule has 3 nitrogen and oxygen atoms in total. The summed E-state index contributed by atoms with van der Waals surface area (Å²) in [7, 11) is 0. The minimum Gasteiger partial charge on any atom is -0.396 e. The van der Waals surface area contributed by atoms with Gasteiger partial charge in [-0.25, -0.2) is 0 Å². The lowest BCUT2D eigenvalue weighted by atomic mass is 9.90. The number of para-hydroxylation sites is 1. The van der Waals surface area contributed by atoms with Crippen LogP contribution < -0.4 is 5.32 Å². The van der Waals surface area contributed by atoms with Crippen molar-refractivity contribution in [1.82, 2.24) is 10.3 Å². The van der Waals surface area contributed by atoms with Crippen molar-refractivity contribution in [2.45, 2.75) is 26.8 Å². The van der Waals surface area contributed by atoms with Gasteiger partial charge >= 0.3 is 0 Å². The molecule has 0 fully saturated rings. The van der Waals surface area contributed by atoms with Gasteiger partial charge in [0.05, 0.1) is 0 Å². The Bertz CT molecular complexity index is 502. The lowest BCUT2D eigenvalue weighted by molar-refractivity contribution is 0.207. The number of rotatable bonds is 6. The fourth-order valence-electron chi connectivity index (χ4n) is 2.20. The number of aromatic amines is 1. The second-order valence-corrected chi connectivity index (χ2v) is 5.60. The number of hydrogen-bond donors (Lipinski definition) is 3. The first kappa shape index (κ1) is 13.1. The Balaban J connectivity index is 1.94. The minimum atomic E-state index is 0.140. The van der Waals surface area contributed by atoms with Gasteiger partial charge in [0.2, 0.25) is 0 Å². The van der Waals surface area contributed by atoms with Crippen LogP contribution in [0.3, 0.4) is 0 Å². The van der Waals surface area contributed by atoms with Crippen molar-refractivity contribution in [1.29, 1.82) is 0 Å². The molecule has 0 amide bonds. The summed E-state index contributed by atoms with van der Waals surface area (Å²) in [5, 5.41) is 13.8. The first-order valence-corrected chi connectivity index (χ1v) is 6.49. The summed E-state index contributed by atoms with van der Waals surface area (Å²) < 4.78 is 0. The number of aliphatic hydroxyl groups excluding tert-OH is 1. The van der Waals surface area contributed by atoms with E-state index < -0.39 is 0 Å². The van der Waals surface area contributed by atoms with E-state index >= 15 is 0 Å². The molecule has 98 valence electrons. The van der Waals surface area contributed by atoms with Crippen molar-refractivity contribution in [3.8, 4) is 0 Å². The van der Waals surface area contributed by atoms with E-state index in [0.29, 0.717) is 0 Å². The number of fused-ring (bicyclic) bond motifs is 1. The molecule has 3 heteroatoms. The van der Waals surface area contributed by atoms with E-state index in [0.717, 1.165) is 19.5 Å². The summed E-state index contributed by atoms with van der Waals surface area (Å²) in [6.07, 6.45) is 2.89. The molecule has 1 aromatic carbocycles. The predicted molar refractivity (Wildman–Crippen MR) is 75.5 cm³/mol. The van der Waals surface area contributed by atoms with Gasteiger partial charge < -0.3 is 15.4 Å². The first-order valence-electron chi connectivity index (χ1n) is 6.49. The molecule has 0 aliphatic heterocycles. The highest BCUT2D eigenvalue weighted by molar-refractivity contribution is 5.82. The van der Waals surface area contributed by atoms with E-state index in [1.54, 1.807) is 0 Å². The standard InChI is InChI=1S/C15H22N2O/c1-15(2,7-8-18)11-16-9-12-10-17-14-6-4-3-5-13(12)14/h3-6,10,16-18H,7-9,11H2,1-2H3. The van der Waals surface area contributed by atoms with Crippen molar-refractivity contribution in [3.05, 3.63) is 36.0 Å². The molecular formula is C15H22N2O. The Morgan fingerprint density at radius 1 is 1.28 bits per heavy atom. The van der Waals surface area contributed by atoms with Gasteiger partial charge in [0.15, 0.2) is 0 Å². The van der Waals surface area contributed by atoms with E-state index in [2.05, 4.69) is 48.5 Å². The molecule has 0 saturated carbocycles. The molecule has 2 aromatic rings. The summed E-state index contributed by atoms with van der Waals surface area (Å²) in [5.74, 6) is 0. The fraction of sp³-hybridized carbons (Fsp3) is 0.467. The van der Waals surface area contributed by atoms with Crippen LogP contribution in [0.1, 0.15) is 25.8 Å². The van der Waals surface area contributed by atoms with E-state index in [1.807, 2.05) is 6.07 Å². The summed E-state index contributed by atoms with van der Waals surface area (Å²) in [4.78, 5) is 3.28. The molecule has 0 aliphatic rings. The monoisotopic (exact) mass is 246 g/mol. The summed E-state index contributed by atoms with van der Waals surface area (Å²) in [5.41, 5.74) is 2.62. The zero-order valence-corrected chi connectivity index (χ0v) is 11.2. The molecule has 0 spiro atoms. The summed E-state index contributed by atoms with van der Waals surface area (Å²) in [6, 6.07) is 8.34. The quantitative estimate of drug-likeness (QED) is 0.734. The highest BCUT2D eigenvalue weighted by Crippen LogP contribution is 2.20. The second kappa shape index (κ2) is 5.55. The Labute approximate surface area is 108 Å². The van der Waals surface area contributed by atoms with E-state index in [-0.39, 0.29) is 12.0 Å². The Kier molecular flexibility index (Phi) is 4.04. The molecule has 3 N–H and O–H groups in total. The van der Waals surface area contributed by atoms with Gasteiger partial charge in [-0.3, -0.25) is 0 Å². The Morgan fingerprint density at radius 2 is 2.06 bits per heavy atom. The SMILES string of the molecule is CC(C)(CCO)CNCc1c[nH]c2ccccc12. The molecule has 2 rings (SSSR count). The third-order valence-corrected chi connectivity index (χ3v) is 3.38. The van der Waals surface area contributed by atoms with Crippen LogP contribution in [0, 0.1) is 5.41 Å². The van der Waals surface area contributed by atoms with Crippen molar-refractivity contribution >= 4 is 10.9 Å². The van der Waals surface area contributed by atoms with Crippen LogP contribution in [0.2, 0.25) is 0 Å². The first-order chi connectivity index (χ1) is 8.62. The van der Waals surface area contributed by atoms with Gasteiger partial charge in [-0.2, -0.15) is 0 Å². The molecule has 0 bridgehead atoms. The lowest BCUT2D eigenvalue weighted by Crippen LogP contribution is -2.29.